The molecule has 0 saturated carbocycles. The first-order valence-corrected chi connectivity index (χ1v) is 6.42. The molecule has 0 radical (unpaired) electrons. The quantitative estimate of drug-likeness (QED) is 0.608. The standard InChI is InChI=1S/C15H22O4/c1-11(2)18-9-10-19-13-7-5-12(6-8-13)14(16)15(3,4)17/h5-8,11,17H,9-10H2,1-4H3. The zero-order valence-electron chi connectivity index (χ0n) is 12.0. The van der Waals surface area contributed by atoms with Gasteiger partial charge in [0, 0.05) is 5.56 Å². The van der Waals surface area contributed by atoms with Crippen molar-refractivity contribution < 1.29 is 19.4 Å². The molecule has 1 aromatic rings. The molecule has 0 fully saturated rings. The minimum Gasteiger partial charge on any atom is -0.491 e. The number of benzene rings is 1. The van der Waals surface area contributed by atoms with Crippen LogP contribution in [0.3, 0.4) is 0 Å². The third-order valence-corrected chi connectivity index (χ3v) is 2.48. The number of hydrogen-bond acceptors (Lipinski definition) is 4. The predicted molar refractivity (Wildman–Crippen MR) is 73.7 cm³/mol. The maximum absolute atomic E-state index is 11.8. The highest BCUT2D eigenvalue weighted by Gasteiger charge is 2.24. The lowest BCUT2D eigenvalue weighted by Crippen LogP contribution is -2.30. The highest BCUT2D eigenvalue weighted by Crippen LogP contribution is 2.17. The van der Waals surface area contributed by atoms with E-state index in [2.05, 4.69) is 0 Å². The van der Waals surface area contributed by atoms with Crippen LogP contribution in [0.1, 0.15) is 38.1 Å². The van der Waals surface area contributed by atoms with Crippen molar-refractivity contribution in [3.8, 4) is 5.75 Å². The fourth-order valence-electron chi connectivity index (χ4n) is 1.50. The summed E-state index contributed by atoms with van der Waals surface area (Å²) < 4.78 is 10.8. The lowest BCUT2D eigenvalue weighted by Gasteiger charge is -2.15. The van der Waals surface area contributed by atoms with Gasteiger partial charge in [0.05, 0.1) is 12.7 Å². The Morgan fingerprint density at radius 1 is 1.21 bits per heavy atom. The van der Waals surface area contributed by atoms with Crippen molar-refractivity contribution in [2.24, 2.45) is 0 Å². The lowest BCUT2D eigenvalue weighted by molar-refractivity contribution is 0.0487. The molecule has 0 saturated heterocycles. The van der Waals surface area contributed by atoms with Crippen molar-refractivity contribution >= 4 is 5.78 Å². The largest absolute Gasteiger partial charge is 0.491 e. The van der Waals surface area contributed by atoms with Gasteiger partial charge in [-0.25, -0.2) is 0 Å². The van der Waals surface area contributed by atoms with Crippen molar-refractivity contribution in [1.29, 1.82) is 0 Å². The van der Waals surface area contributed by atoms with Crippen LogP contribution in [-0.2, 0) is 4.74 Å². The van der Waals surface area contributed by atoms with E-state index in [0.29, 0.717) is 24.5 Å². The van der Waals surface area contributed by atoms with Crippen LogP contribution in [-0.4, -0.2) is 35.8 Å². The van der Waals surface area contributed by atoms with Crippen LogP contribution in [0.15, 0.2) is 24.3 Å². The van der Waals surface area contributed by atoms with Gasteiger partial charge < -0.3 is 14.6 Å². The number of ketones is 1. The maximum Gasteiger partial charge on any atom is 0.193 e. The molecule has 19 heavy (non-hydrogen) atoms. The summed E-state index contributed by atoms with van der Waals surface area (Å²) >= 11 is 0. The average Bonchev–Trinajstić information content (AvgIpc) is 2.33. The number of ether oxygens (including phenoxy) is 2. The molecule has 0 aliphatic heterocycles. The zero-order valence-corrected chi connectivity index (χ0v) is 12.0. The molecule has 4 heteroatoms. The summed E-state index contributed by atoms with van der Waals surface area (Å²) in [6.45, 7) is 7.89. The molecule has 0 amide bonds. The molecule has 0 aromatic heterocycles. The Morgan fingerprint density at radius 3 is 2.26 bits per heavy atom. The molecular formula is C15H22O4. The molecule has 0 aliphatic rings. The molecule has 1 aromatic carbocycles. The van der Waals surface area contributed by atoms with Crippen molar-refractivity contribution in [1.82, 2.24) is 0 Å². The minimum absolute atomic E-state index is 0.190. The van der Waals surface area contributed by atoms with E-state index in [4.69, 9.17) is 9.47 Å². The first-order valence-electron chi connectivity index (χ1n) is 6.42. The Balaban J connectivity index is 2.50. The van der Waals surface area contributed by atoms with E-state index in [-0.39, 0.29) is 11.9 Å². The summed E-state index contributed by atoms with van der Waals surface area (Å²) in [6, 6.07) is 6.74. The first kappa shape index (κ1) is 15.7. The number of hydrogen-bond donors (Lipinski definition) is 1. The summed E-state index contributed by atoms with van der Waals surface area (Å²) in [5, 5.41) is 9.64. The van der Waals surface area contributed by atoms with Crippen LogP contribution in [0.2, 0.25) is 0 Å². The minimum atomic E-state index is -1.35. The molecule has 1 rings (SSSR count). The Kier molecular flexibility index (Phi) is 5.51. The number of rotatable bonds is 7. The smallest absolute Gasteiger partial charge is 0.193 e. The third kappa shape index (κ3) is 5.41. The van der Waals surface area contributed by atoms with E-state index in [1.165, 1.54) is 13.8 Å². The van der Waals surface area contributed by atoms with Crippen molar-refractivity contribution in [3.05, 3.63) is 29.8 Å². The van der Waals surface area contributed by atoms with Gasteiger partial charge in [0.25, 0.3) is 0 Å². The van der Waals surface area contributed by atoms with Gasteiger partial charge in [-0.3, -0.25) is 4.79 Å². The molecular weight excluding hydrogens is 244 g/mol. The summed E-state index contributed by atoms with van der Waals surface area (Å²) in [6.07, 6.45) is 0.190. The SMILES string of the molecule is CC(C)OCCOc1ccc(C(=O)C(C)(C)O)cc1. The molecule has 0 bridgehead atoms. The molecule has 0 spiro atoms. The number of carbonyl (C=O) groups is 1. The van der Waals surface area contributed by atoms with Crippen LogP contribution >= 0.6 is 0 Å². The number of Topliss-reactive ketones (excluding diaryl/α,β-unsaturated/α-hetero) is 1. The Labute approximate surface area is 114 Å². The van der Waals surface area contributed by atoms with E-state index in [0.717, 1.165) is 0 Å². The molecule has 0 unspecified atom stereocenters. The fourth-order valence-corrected chi connectivity index (χ4v) is 1.50. The second-order valence-corrected chi connectivity index (χ2v) is 5.18. The number of carbonyl (C=O) groups excluding carboxylic acids is 1. The van der Waals surface area contributed by atoms with Gasteiger partial charge in [0.1, 0.15) is 18.0 Å². The molecule has 0 heterocycles. The monoisotopic (exact) mass is 266 g/mol. The van der Waals surface area contributed by atoms with Gasteiger partial charge in [-0.05, 0) is 52.0 Å². The van der Waals surface area contributed by atoms with E-state index in [1.807, 2.05) is 13.8 Å². The number of aliphatic hydroxyl groups is 1. The van der Waals surface area contributed by atoms with Gasteiger partial charge in [0.15, 0.2) is 5.78 Å². The topological polar surface area (TPSA) is 55.8 Å². The summed E-state index contributed by atoms with van der Waals surface area (Å²) in [5.41, 5.74) is -0.883. The van der Waals surface area contributed by atoms with Gasteiger partial charge in [-0.2, -0.15) is 0 Å². The van der Waals surface area contributed by atoms with Gasteiger partial charge in [-0.1, -0.05) is 0 Å². The van der Waals surface area contributed by atoms with Crippen LogP contribution in [0, 0.1) is 0 Å². The van der Waals surface area contributed by atoms with Gasteiger partial charge in [-0.15, -0.1) is 0 Å². The second-order valence-electron chi connectivity index (χ2n) is 5.18. The Morgan fingerprint density at radius 2 is 1.79 bits per heavy atom. The summed E-state index contributed by atoms with van der Waals surface area (Å²) in [4.78, 5) is 11.8. The molecule has 1 N–H and O–H groups in total. The van der Waals surface area contributed by atoms with E-state index in [9.17, 15) is 9.90 Å². The summed E-state index contributed by atoms with van der Waals surface area (Å²) in [5.74, 6) is 0.377. The second kappa shape index (κ2) is 6.68. The predicted octanol–water partition coefficient (Wildman–Crippen LogP) is 2.44. The van der Waals surface area contributed by atoms with E-state index in [1.54, 1.807) is 24.3 Å². The average molecular weight is 266 g/mol. The zero-order chi connectivity index (χ0) is 14.5. The molecule has 4 nitrogen and oxygen atoms in total. The molecule has 0 aliphatic carbocycles. The molecule has 0 atom stereocenters. The van der Waals surface area contributed by atoms with Crippen LogP contribution in [0.5, 0.6) is 5.75 Å². The van der Waals surface area contributed by atoms with Gasteiger partial charge >= 0.3 is 0 Å². The Hall–Kier alpha value is -1.39. The van der Waals surface area contributed by atoms with Gasteiger partial charge in [0.2, 0.25) is 0 Å². The highest BCUT2D eigenvalue weighted by atomic mass is 16.5. The first-order chi connectivity index (χ1) is 8.80. The molecule has 106 valence electrons. The Bertz CT molecular complexity index is 401. The third-order valence-electron chi connectivity index (χ3n) is 2.48. The van der Waals surface area contributed by atoms with Crippen LogP contribution in [0.25, 0.3) is 0 Å². The fraction of sp³-hybridized carbons (Fsp3) is 0.533. The van der Waals surface area contributed by atoms with Crippen molar-refractivity contribution in [3.63, 3.8) is 0 Å². The van der Waals surface area contributed by atoms with E-state index >= 15 is 0 Å². The summed E-state index contributed by atoms with van der Waals surface area (Å²) in [7, 11) is 0. The highest BCUT2D eigenvalue weighted by molar-refractivity contribution is 6.01. The van der Waals surface area contributed by atoms with Crippen molar-refractivity contribution in [2.75, 3.05) is 13.2 Å². The van der Waals surface area contributed by atoms with E-state index < -0.39 is 5.60 Å². The van der Waals surface area contributed by atoms with Crippen LogP contribution < -0.4 is 4.74 Å². The van der Waals surface area contributed by atoms with Crippen LogP contribution in [0.4, 0.5) is 0 Å². The lowest BCUT2D eigenvalue weighted by atomic mass is 9.97. The van der Waals surface area contributed by atoms with Crippen molar-refractivity contribution in [2.45, 2.75) is 39.4 Å². The normalized spacial score (nSPS) is 11.7. The maximum atomic E-state index is 11.8.